The molecule has 0 heterocycles. The quantitative estimate of drug-likeness (QED) is 0.706. The Morgan fingerprint density at radius 1 is 1.38 bits per heavy atom. The average molecular weight is 303 g/mol. The molecular weight excluding hydrogens is 283 g/mol. The van der Waals surface area contributed by atoms with Gasteiger partial charge >= 0.3 is 12.2 Å². The molecule has 0 spiro atoms. The van der Waals surface area contributed by atoms with Crippen molar-refractivity contribution in [1.82, 2.24) is 5.32 Å². The Labute approximate surface area is 121 Å². The molecule has 0 radical (unpaired) electrons. The number of nitrogens with one attached hydrogen (secondary N) is 2. The van der Waals surface area contributed by atoms with Gasteiger partial charge in [-0.25, -0.2) is 4.79 Å². The fourth-order valence-corrected chi connectivity index (χ4v) is 1.72. The highest BCUT2D eigenvalue weighted by atomic mass is 19.4. The number of amides is 2. The summed E-state index contributed by atoms with van der Waals surface area (Å²) in [5, 5.41) is 4.98. The summed E-state index contributed by atoms with van der Waals surface area (Å²) in [6.07, 6.45) is -2.76. The summed E-state index contributed by atoms with van der Waals surface area (Å²) < 4.78 is 37.6. The molecule has 1 unspecified atom stereocenters. The number of nitrogens with two attached hydrogens (primary N) is 1. The van der Waals surface area contributed by atoms with Crippen LogP contribution in [0.15, 0.2) is 24.3 Å². The molecule has 0 aromatic heterocycles. The number of hydrogen-bond acceptors (Lipinski definition) is 2. The van der Waals surface area contributed by atoms with Crippen LogP contribution in [0.1, 0.15) is 25.3 Å². The van der Waals surface area contributed by atoms with E-state index in [1.165, 1.54) is 12.1 Å². The van der Waals surface area contributed by atoms with E-state index < -0.39 is 17.8 Å². The van der Waals surface area contributed by atoms with E-state index in [9.17, 15) is 18.0 Å². The van der Waals surface area contributed by atoms with E-state index in [0.717, 1.165) is 25.0 Å². The van der Waals surface area contributed by atoms with Crippen molar-refractivity contribution in [2.24, 2.45) is 11.7 Å². The van der Waals surface area contributed by atoms with E-state index in [1.54, 1.807) is 0 Å². The van der Waals surface area contributed by atoms with E-state index in [0.29, 0.717) is 19.0 Å². The van der Waals surface area contributed by atoms with Gasteiger partial charge in [0, 0.05) is 12.2 Å². The average Bonchev–Trinajstić information content (AvgIpc) is 2.42. The molecule has 2 amide bonds. The molecule has 0 aliphatic rings. The lowest BCUT2D eigenvalue weighted by Crippen LogP contribution is -2.30. The summed E-state index contributed by atoms with van der Waals surface area (Å²) in [4.78, 5) is 11.6. The molecule has 1 atom stereocenters. The number of hydrogen-bond donors (Lipinski definition) is 3. The maximum atomic E-state index is 12.5. The molecule has 0 bridgehead atoms. The number of rotatable bonds is 6. The predicted molar refractivity (Wildman–Crippen MR) is 75.9 cm³/mol. The Kier molecular flexibility index (Phi) is 6.48. The molecule has 0 aliphatic heterocycles. The van der Waals surface area contributed by atoms with Gasteiger partial charge < -0.3 is 16.4 Å². The van der Waals surface area contributed by atoms with Gasteiger partial charge in [-0.1, -0.05) is 13.0 Å². The highest BCUT2D eigenvalue weighted by Crippen LogP contribution is 2.30. The number of carbonyl (C=O) groups is 1. The topological polar surface area (TPSA) is 67.1 Å². The highest BCUT2D eigenvalue weighted by molar-refractivity contribution is 5.89. The molecule has 0 saturated heterocycles. The van der Waals surface area contributed by atoms with E-state index in [2.05, 4.69) is 10.6 Å². The molecule has 1 aromatic rings. The summed E-state index contributed by atoms with van der Waals surface area (Å²) in [6, 6.07) is 4.00. The van der Waals surface area contributed by atoms with Crippen molar-refractivity contribution in [3.8, 4) is 0 Å². The highest BCUT2D eigenvalue weighted by Gasteiger charge is 2.30. The molecule has 1 rings (SSSR count). The van der Waals surface area contributed by atoms with Crippen LogP contribution in [0, 0.1) is 5.92 Å². The largest absolute Gasteiger partial charge is 0.416 e. The maximum absolute atomic E-state index is 12.5. The van der Waals surface area contributed by atoms with Gasteiger partial charge in [0.15, 0.2) is 0 Å². The third-order valence-corrected chi connectivity index (χ3v) is 3.01. The number of urea groups is 1. The summed E-state index contributed by atoms with van der Waals surface area (Å²) in [6.45, 7) is 3.06. The minimum Gasteiger partial charge on any atom is -0.338 e. The van der Waals surface area contributed by atoms with Crippen molar-refractivity contribution in [3.05, 3.63) is 29.8 Å². The van der Waals surface area contributed by atoms with Gasteiger partial charge in [-0.15, -0.1) is 0 Å². The standard InChI is InChI=1S/C14H20F3N3O/c1-10(9-18)4-3-7-19-13(21)20-12-6-2-5-11(8-12)14(15,16)17/h2,5-6,8,10H,3-4,7,9,18H2,1H3,(H2,19,20,21). The van der Waals surface area contributed by atoms with Crippen molar-refractivity contribution in [2.75, 3.05) is 18.4 Å². The molecule has 4 nitrogen and oxygen atoms in total. The van der Waals surface area contributed by atoms with E-state index in [-0.39, 0.29) is 5.69 Å². The lowest BCUT2D eigenvalue weighted by Gasteiger charge is -2.11. The molecule has 21 heavy (non-hydrogen) atoms. The Hall–Kier alpha value is -1.76. The monoisotopic (exact) mass is 303 g/mol. The summed E-state index contributed by atoms with van der Waals surface area (Å²) in [5.74, 6) is 0.387. The van der Waals surface area contributed by atoms with Crippen molar-refractivity contribution in [1.29, 1.82) is 0 Å². The van der Waals surface area contributed by atoms with Gasteiger partial charge in [0.05, 0.1) is 5.56 Å². The molecule has 0 saturated carbocycles. The second kappa shape index (κ2) is 7.87. The third-order valence-electron chi connectivity index (χ3n) is 3.01. The van der Waals surface area contributed by atoms with Crippen LogP contribution in [-0.4, -0.2) is 19.1 Å². The van der Waals surface area contributed by atoms with Gasteiger partial charge in [0.25, 0.3) is 0 Å². The van der Waals surface area contributed by atoms with Crippen LogP contribution in [0.5, 0.6) is 0 Å². The third kappa shape index (κ3) is 6.48. The van der Waals surface area contributed by atoms with Gasteiger partial charge in [0.2, 0.25) is 0 Å². The van der Waals surface area contributed by atoms with Crippen LogP contribution in [0.3, 0.4) is 0 Å². The Morgan fingerprint density at radius 2 is 2.10 bits per heavy atom. The van der Waals surface area contributed by atoms with Crippen LogP contribution in [-0.2, 0) is 6.18 Å². The first-order chi connectivity index (χ1) is 9.82. The Bertz CT molecular complexity index is 463. The number of anilines is 1. The lowest BCUT2D eigenvalue weighted by molar-refractivity contribution is -0.137. The van der Waals surface area contributed by atoms with Crippen molar-refractivity contribution >= 4 is 11.7 Å². The first-order valence-electron chi connectivity index (χ1n) is 6.75. The van der Waals surface area contributed by atoms with Crippen molar-refractivity contribution in [3.63, 3.8) is 0 Å². The van der Waals surface area contributed by atoms with Crippen molar-refractivity contribution in [2.45, 2.75) is 25.9 Å². The van der Waals surface area contributed by atoms with Gasteiger partial charge in [0.1, 0.15) is 0 Å². The zero-order valence-corrected chi connectivity index (χ0v) is 11.8. The van der Waals surface area contributed by atoms with E-state index >= 15 is 0 Å². The van der Waals surface area contributed by atoms with Gasteiger partial charge in [-0.05, 0) is 43.5 Å². The maximum Gasteiger partial charge on any atom is 0.416 e. The zero-order chi connectivity index (χ0) is 15.9. The fourth-order valence-electron chi connectivity index (χ4n) is 1.72. The smallest absolute Gasteiger partial charge is 0.338 e. The van der Waals surface area contributed by atoms with E-state index in [4.69, 9.17) is 5.73 Å². The number of halogens is 3. The molecule has 1 aromatic carbocycles. The molecule has 7 heteroatoms. The number of alkyl halides is 3. The normalized spacial score (nSPS) is 12.8. The van der Waals surface area contributed by atoms with Crippen LogP contribution in [0.4, 0.5) is 23.7 Å². The summed E-state index contributed by atoms with van der Waals surface area (Å²) in [5.41, 5.74) is 4.79. The lowest BCUT2D eigenvalue weighted by atomic mass is 10.1. The van der Waals surface area contributed by atoms with Crippen LogP contribution in [0.2, 0.25) is 0 Å². The zero-order valence-electron chi connectivity index (χ0n) is 11.8. The molecule has 4 N–H and O–H groups in total. The van der Waals surface area contributed by atoms with Crippen LogP contribution < -0.4 is 16.4 Å². The van der Waals surface area contributed by atoms with Crippen LogP contribution in [0.25, 0.3) is 0 Å². The van der Waals surface area contributed by atoms with Crippen molar-refractivity contribution < 1.29 is 18.0 Å². The number of carbonyl (C=O) groups excluding carboxylic acids is 1. The second-order valence-corrected chi connectivity index (χ2v) is 4.94. The molecule has 0 aliphatic carbocycles. The predicted octanol–water partition coefficient (Wildman–Crippen LogP) is 3.20. The van der Waals surface area contributed by atoms with Gasteiger partial charge in [-0.3, -0.25) is 0 Å². The summed E-state index contributed by atoms with van der Waals surface area (Å²) in [7, 11) is 0. The fraction of sp³-hybridized carbons (Fsp3) is 0.500. The minimum absolute atomic E-state index is 0.109. The Balaban J connectivity index is 2.41. The molecular formula is C14H20F3N3O. The first-order valence-corrected chi connectivity index (χ1v) is 6.75. The molecule has 118 valence electrons. The second-order valence-electron chi connectivity index (χ2n) is 4.94. The summed E-state index contributed by atoms with van der Waals surface area (Å²) >= 11 is 0. The van der Waals surface area contributed by atoms with Gasteiger partial charge in [-0.2, -0.15) is 13.2 Å². The first kappa shape index (κ1) is 17.3. The van der Waals surface area contributed by atoms with E-state index in [1.807, 2.05) is 6.92 Å². The Morgan fingerprint density at radius 3 is 2.71 bits per heavy atom. The minimum atomic E-state index is -4.42. The molecule has 0 fully saturated rings. The SMILES string of the molecule is CC(CN)CCCNC(=O)Nc1cccc(C(F)(F)F)c1. The number of benzene rings is 1. The van der Waals surface area contributed by atoms with Crippen LogP contribution >= 0.6 is 0 Å².